The van der Waals surface area contributed by atoms with Crippen LogP contribution in [-0.2, 0) is 4.74 Å². The SMILES string of the molecule is CN(CCNC1CCCC1)CC1CCCO1. The Morgan fingerprint density at radius 1 is 1.19 bits per heavy atom. The van der Waals surface area contributed by atoms with E-state index in [0.29, 0.717) is 6.10 Å². The van der Waals surface area contributed by atoms with E-state index >= 15 is 0 Å². The Labute approximate surface area is 99.5 Å². The van der Waals surface area contributed by atoms with Crippen LogP contribution >= 0.6 is 0 Å². The molecule has 2 aliphatic rings. The molecular formula is C13H26N2O. The van der Waals surface area contributed by atoms with E-state index in [9.17, 15) is 0 Å². The maximum Gasteiger partial charge on any atom is 0.0702 e. The largest absolute Gasteiger partial charge is 0.377 e. The number of rotatable bonds is 6. The molecule has 2 rings (SSSR count). The van der Waals surface area contributed by atoms with Crippen molar-refractivity contribution >= 4 is 0 Å². The summed E-state index contributed by atoms with van der Waals surface area (Å²) in [6, 6.07) is 0.802. The van der Waals surface area contributed by atoms with Crippen LogP contribution < -0.4 is 5.32 Å². The molecule has 0 aromatic rings. The van der Waals surface area contributed by atoms with Gasteiger partial charge in [0.15, 0.2) is 0 Å². The first-order valence-corrected chi connectivity index (χ1v) is 6.88. The molecule has 3 nitrogen and oxygen atoms in total. The van der Waals surface area contributed by atoms with Gasteiger partial charge in [-0.05, 0) is 32.7 Å². The lowest BCUT2D eigenvalue weighted by Gasteiger charge is -2.21. The van der Waals surface area contributed by atoms with Crippen molar-refractivity contribution in [3.8, 4) is 0 Å². The van der Waals surface area contributed by atoms with Crippen LogP contribution in [0.4, 0.5) is 0 Å². The zero-order valence-electron chi connectivity index (χ0n) is 10.6. The number of hydrogen-bond acceptors (Lipinski definition) is 3. The maximum absolute atomic E-state index is 5.64. The van der Waals surface area contributed by atoms with Gasteiger partial charge < -0.3 is 15.0 Å². The molecule has 0 radical (unpaired) electrons. The van der Waals surface area contributed by atoms with E-state index in [1.54, 1.807) is 0 Å². The first-order chi connectivity index (χ1) is 7.84. The van der Waals surface area contributed by atoms with Crippen LogP contribution in [0.25, 0.3) is 0 Å². The molecule has 1 N–H and O–H groups in total. The average molecular weight is 226 g/mol. The molecule has 1 heterocycles. The van der Waals surface area contributed by atoms with Crippen LogP contribution in [0.3, 0.4) is 0 Å². The molecule has 1 atom stereocenters. The van der Waals surface area contributed by atoms with Crippen molar-refractivity contribution < 1.29 is 4.74 Å². The summed E-state index contributed by atoms with van der Waals surface area (Å²) < 4.78 is 5.64. The molecular weight excluding hydrogens is 200 g/mol. The van der Waals surface area contributed by atoms with E-state index < -0.39 is 0 Å². The Balaban J connectivity index is 1.51. The third kappa shape index (κ3) is 4.04. The third-order valence-electron chi connectivity index (χ3n) is 3.82. The van der Waals surface area contributed by atoms with Crippen LogP contribution in [-0.4, -0.2) is 50.3 Å². The molecule has 1 aliphatic carbocycles. The van der Waals surface area contributed by atoms with Gasteiger partial charge in [0, 0.05) is 32.3 Å². The summed E-state index contributed by atoms with van der Waals surface area (Å²) in [4.78, 5) is 2.40. The number of hydrogen-bond donors (Lipinski definition) is 1. The lowest BCUT2D eigenvalue weighted by Crippen LogP contribution is -2.37. The van der Waals surface area contributed by atoms with Gasteiger partial charge in [-0.15, -0.1) is 0 Å². The predicted molar refractivity (Wildman–Crippen MR) is 66.7 cm³/mol. The molecule has 0 aromatic heterocycles. The molecule has 16 heavy (non-hydrogen) atoms. The normalized spacial score (nSPS) is 27.0. The summed E-state index contributed by atoms with van der Waals surface area (Å²) in [5.74, 6) is 0. The van der Waals surface area contributed by atoms with Crippen LogP contribution in [0.15, 0.2) is 0 Å². The van der Waals surface area contributed by atoms with Crippen LogP contribution in [0.2, 0.25) is 0 Å². The fraction of sp³-hybridized carbons (Fsp3) is 1.00. The van der Waals surface area contributed by atoms with E-state index in [1.807, 2.05) is 0 Å². The Morgan fingerprint density at radius 2 is 2.00 bits per heavy atom. The van der Waals surface area contributed by atoms with Crippen molar-refractivity contribution in [2.75, 3.05) is 33.3 Å². The topological polar surface area (TPSA) is 24.5 Å². The average Bonchev–Trinajstić information content (AvgIpc) is 2.90. The molecule has 0 amide bonds. The lowest BCUT2D eigenvalue weighted by atomic mass is 10.2. The van der Waals surface area contributed by atoms with Gasteiger partial charge in [-0.3, -0.25) is 0 Å². The van der Waals surface area contributed by atoms with Crippen molar-refractivity contribution in [1.29, 1.82) is 0 Å². The monoisotopic (exact) mass is 226 g/mol. The van der Waals surface area contributed by atoms with Crippen molar-refractivity contribution in [2.45, 2.75) is 50.7 Å². The summed E-state index contributed by atoms with van der Waals surface area (Å²) in [6.07, 6.45) is 8.60. The molecule has 94 valence electrons. The van der Waals surface area contributed by atoms with Crippen LogP contribution in [0.5, 0.6) is 0 Å². The van der Waals surface area contributed by atoms with Gasteiger partial charge in [0.2, 0.25) is 0 Å². The second-order valence-corrected chi connectivity index (χ2v) is 5.33. The number of nitrogens with zero attached hydrogens (tertiary/aromatic N) is 1. The quantitative estimate of drug-likeness (QED) is 0.745. The van der Waals surface area contributed by atoms with Crippen molar-refractivity contribution in [1.82, 2.24) is 10.2 Å². The molecule has 1 saturated carbocycles. The molecule has 0 bridgehead atoms. The first-order valence-electron chi connectivity index (χ1n) is 6.88. The van der Waals surface area contributed by atoms with E-state index in [-0.39, 0.29) is 0 Å². The molecule has 0 aromatic carbocycles. The van der Waals surface area contributed by atoms with E-state index in [1.165, 1.54) is 38.5 Å². The second-order valence-electron chi connectivity index (χ2n) is 5.33. The minimum Gasteiger partial charge on any atom is -0.377 e. The van der Waals surface area contributed by atoms with Gasteiger partial charge in [0.05, 0.1) is 6.10 Å². The van der Waals surface area contributed by atoms with Gasteiger partial charge in [-0.25, -0.2) is 0 Å². The minimum absolute atomic E-state index is 0.497. The lowest BCUT2D eigenvalue weighted by molar-refractivity contribution is 0.0813. The molecule has 1 unspecified atom stereocenters. The van der Waals surface area contributed by atoms with Gasteiger partial charge in [-0.1, -0.05) is 12.8 Å². The van der Waals surface area contributed by atoms with Crippen molar-refractivity contribution in [2.24, 2.45) is 0 Å². The van der Waals surface area contributed by atoms with E-state index in [4.69, 9.17) is 4.74 Å². The van der Waals surface area contributed by atoms with E-state index in [2.05, 4.69) is 17.3 Å². The van der Waals surface area contributed by atoms with Crippen molar-refractivity contribution in [3.63, 3.8) is 0 Å². The number of likely N-dealkylation sites (N-methyl/N-ethyl adjacent to an activating group) is 1. The summed E-state index contributed by atoms with van der Waals surface area (Å²) >= 11 is 0. The highest BCUT2D eigenvalue weighted by molar-refractivity contribution is 4.74. The zero-order valence-corrected chi connectivity index (χ0v) is 10.6. The van der Waals surface area contributed by atoms with Crippen LogP contribution in [0.1, 0.15) is 38.5 Å². The Hall–Kier alpha value is -0.120. The summed E-state index contributed by atoms with van der Waals surface area (Å²) in [6.45, 7) is 4.36. The van der Waals surface area contributed by atoms with Gasteiger partial charge in [-0.2, -0.15) is 0 Å². The number of nitrogens with one attached hydrogen (secondary N) is 1. The Kier molecular flexibility index (Phi) is 5.07. The molecule has 2 fully saturated rings. The fourth-order valence-corrected chi connectivity index (χ4v) is 2.82. The first kappa shape index (κ1) is 12.3. The predicted octanol–water partition coefficient (Wildman–Crippen LogP) is 1.63. The van der Waals surface area contributed by atoms with E-state index in [0.717, 1.165) is 32.3 Å². The molecule has 1 aliphatic heterocycles. The van der Waals surface area contributed by atoms with Gasteiger partial charge >= 0.3 is 0 Å². The zero-order chi connectivity index (χ0) is 11.2. The summed E-state index contributed by atoms with van der Waals surface area (Å²) in [7, 11) is 2.21. The minimum atomic E-state index is 0.497. The highest BCUT2D eigenvalue weighted by Gasteiger charge is 2.17. The fourth-order valence-electron chi connectivity index (χ4n) is 2.82. The molecule has 1 saturated heterocycles. The Bertz CT molecular complexity index is 186. The third-order valence-corrected chi connectivity index (χ3v) is 3.82. The molecule has 0 spiro atoms. The maximum atomic E-state index is 5.64. The standard InChI is InChI=1S/C13H26N2O/c1-15(11-13-7-4-10-16-13)9-8-14-12-5-2-3-6-12/h12-14H,2-11H2,1H3. The molecule has 3 heteroatoms. The van der Waals surface area contributed by atoms with Gasteiger partial charge in [0.1, 0.15) is 0 Å². The smallest absolute Gasteiger partial charge is 0.0702 e. The summed E-state index contributed by atoms with van der Waals surface area (Å²) in [5, 5.41) is 3.65. The summed E-state index contributed by atoms with van der Waals surface area (Å²) in [5.41, 5.74) is 0. The number of ether oxygens (including phenoxy) is 1. The highest BCUT2D eigenvalue weighted by Crippen LogP contribution is 2.17. The van der Waals surface area contributed by atoms with Gasteiger partial charge in [0.25, 0.3) is 0 Å². The second kappa shape index (κ2) is 6.58. The Morgan fingerprint density at radius 3 is 2.69 bits per heavy atom. The van der Waals surface area contributed by atoms with Crippen LogP contribution in [0, 0.1) is 0 Å². The highest BCUT2D eigenvalue weighted by atomic mass is 16.5. The van der Waals surface area contributed by atoms with Crippen molar-refractivity contribution in [3.05, 3.63) is 0 Å².